The highest BCUT2D eigenvalue weighted by atomic mass is 16.5. The Morgan fingerprint density at radius 2 is 1.84 bits per heavy atom. The lowest BCUT2D eigenvalue weighted by molar-refractivity contribution is -0.134. The number of rotatable bonds is 6. The molecule has 2 aliphatic rings. The molecule has 1 heterocycles. The van der Waals surface area contributed by atoms with Gasteiger partial charge in [0, 0.05) is 0 Å². The molecule has 1 N–H and O–H groups in total. The number of carbonyl (C=O) groups excluding carboxylic acids is 2. The number of imide groups is 1. The van der Waals surface area contributed by atoms with Gasteiger partial charge in [0.05, 0.1) is 13.2 Å². The summed E-state index contributed by atoms with van der Waals surface area (Å²) in [6, 6.07) is 7.02. The van der Waals surface area contributed by atoms with Crippen molar-refractivity contribution in [2.75, 3.05) is 19.8 Å². The van der Waals surface area contributed by atoms with Crippen molar-refractivity contribution < 1.29 is 19.1 Å². The first-order chi connectivity index (χ1) is 12.1. The molecule has 2 fully saturated rings. The minimum absolute atomic E-state index is 0.0972. The Labute approximate surface area is 148 Å². The Bertz CT molecular complexity index is 631. The molecule has 6 heteroatoms. The van der Waals surface area contributed by atoms with E-state index >= 15 is 0 Å². The molecule has 1 aliphatic heterocycles. The van der Waals surface area contributed by atoms with Gasteiger partial charge in [-0.15, -0.1) is 0 Å². The third kappa shape index (κ3) is 3.43. The van der Waals surface area contributed by atoms with Crippen molar-refractivity contribution in [1.29, 1.82) is 0 Å². The topological polar surface area (TPSA) is 67.9 Å². The summed E-state index contributed by atoms with van der Waals surface area (Å²) in [4.78, 5) is 26.4. The van der Waals surface area contributed by atoms with E-state index in [1.54, 1.807) is 0 Å². The van der Waals surface area contributed by atoms with Gasteiger partial charge in [-0.25, -0.2) is 4.79 Å². The van der Waals surface area contributed by atoms with Crippen molar-refractivity contribution in [1.82, 2.24) is 10.2 Å². The Kier molecular flexibility index (Phi) is 5.16. The van der Waals surface area contributed by atoms with Crippen molar-refractivity contribution in [3.63, 3.8) is 0 Å². The predicted octanol–water partition coefficient (Wildman–Crippen LogP) is 2.96. The number of nitrogens with one attached hydrogen (secondary N) is 1. The molecule has 136 valence electrons. The highest BCUT2D eigenvalue weighted by molar-refractivity contribution is 6.07. The lowest BCUT2D eigenvalue weighted by Gasteiger charge is -2.36. The summed E-state index contributed by atoms with van der Waals surface area (Å²) in [5.41, 5.74) is -0.700. The van der Waals surface area contributed by atoms with E-state index in [9.17, 15) is 9.59 Å². The average molecular weight is 346 g/mol. The minimum Gasteiger partial charge on any atom is -0.494 e. The van der Waals surface area contributed by atoms with Gasteiger partial charge in [0.1, 0.15) is 23.6 Å². The normalized spacial score (nSPS) is 26.0. The minimum atomic E-state index is -0.700. The number of hydrogen-bond acceptors (Lipinski definition) is 4. The van der Waals surface area contributed by atoms with Gasteiger partial charge in [0.2, 0.25) is 0 Å². The average Bonchev–Trinajstić information content (AvgIpc) is 2.84. The van der Waals surface area contributed by atoms with Crippen LogP contribution in [0.2, 0.25) is 0 Å². The molecule has 2 atom stereocenters. The van der Waals surface area contributed by atoms with Crippen LogP contribution in [0.3, 0.4) is 0 Å². The van der Waals surface area contributed by atoms with Crippen LogP contribution in [0.5, 0.6) is 11.5 Å². The zero-order valence-electron chi connectivity index (χ0n) is 14.9. The Balaban J connectivity index is 1.56. The predicted molar refractivity (Wildman–Crippen MR) is 93.7 cm³/mol. The van der Waals surface area contributed by atoms with E-state index in [4.69, 9.17) is 9.47 Å². The highest BCUT2D eigenvalue weighted by Crippen LogP contribution is 2.38. The van der Waals surface area contributed by atoms with Crippen LogP contribution in [0.4, 0.5) is 4.79 Å². The molecule has 0 radical (unpaired) electrons. The Morgan fingerprint density at radius 3 is 2.48 bits per heavy atom. The lowest BCUT2D eigenvalue weighted by atomic mass is 9.73. The van der Waals surface area contributed by atoms with Gasteiger partial charge in [-0.3, -0.25) is 9.69 Å². The zero-order chi connectivity index (χ0) is 17.9. The second-order valence-corrected chi connectivity index (χ2v) is 6.76. The number of carbonyl (C=O) groups is 2. The van der Waals surface area contributed by atoms with Gasteiger partial charge in [0.25, 0.3) is 5.91 Å². The van der Waals surface area contributed by atoms with Crippen LogP contribution in [0.1, 0.15) is 39.5 Å². The summed E-state index contributed by atoms with van der Waals surface area (Å²) in [5, 5.41) is 2.95. The molecular weight excluding hydrogens is 320 g/mol. The molecule has 6 nitrogen and oxygen atoms in total. The molecule has 0 bridgehead atoms. The Morgan fingerprint density at radius 1 is 1.16 bits per heavy atom. The molecule has 1 saturated heterocycles. The van der Waals surface area contributed by atoms with E-state index in [-0.39, 0.29) is 31.0 Å². The Hall–Kier alpha value is -2.24. The van der Waals surface area contributed by atoms with Gasteiger partial charge < -0.3 is 14.8 Å². The van der Waals surface area contributed by atoms with Crippen molar-refractivity contribution >= 4 is 11.9 Å². The second kappa shape index (κ2) is 7.33. The first-order valence-corrected chi connectivity index (χ1v) is 9.06. The number of benzene rings is 1. The van der Waals surface area contributed by atoms with Crippen LogP contribution in [-0.4, -0.2) is 42.1 Å². The van der Waals surface area contributed by atoms with Crippen molar-refractivity contribution in [3.05, 3.63) is 24.3 Å². The molecule has 0 aromatic heterocycles. The number of hydrogen-bond donors (Lipinski definition) is 1. The summed E-state index contributed by atoms with van der Waals surface area (Å²) in [7, 11) is 0. The van der Waals surface area contributed by atoms with E-state index in [2.05, 4.69) is 12.2 Å². The maximum absolute atomic E-state index is 12.8. The molecule has 1 aliphatic carbocycles. The third-order valence-corrected chi connectivity index (χ3v) is 5.22. The maximum atomic E-state index is 12.8. The van der Waals surface area contributed by atoms with Crippen LogP contribution >= 0.6 is 0 Å². The van der Waals surface area contributed by atoms with Gasteiger partial charge >= 0.3 is 6.03 Å². The highest BCUT2D eigenvalue weighted by Gasteiger charge is 2.54. The number of ether oxygens (including phenoxy) is 2. The van der Waals surface area contributed by atoms with Gasteiger partial charge in [-0.05, 0) is 49.9 Å². The molecule has 25 heavy (non-hydrogen) atoms. The molecule has 1 spiro atoms. The molecule has 1 aromatic rings. The maximum Gasteiger partial charge on any atom is 0.325 e. The summed E-state index contributed by atoms with van der Waals surface area (Å²) >= 11 is 0. The van der Waals surface area contributed by atoms with E-state index in [0.29, 0.717) is 12.4 Å². The third-order valence-electron chi connectivity index (χ3n) is 5.22. The molecule has 1 saturated carbocycles. The number of amides is 3. The smallest absolute Gasteiger partial charge is 0.325 e. The van der Waals surface area contributed by atoms with Gasteiger partial charge in [-0.1, -0.05) is 19.8 Å². The molecule has 1 aromatic carbocycles. The molecular formula is C19H26N2O4. The molecule has 3 amide bonds. The van der Waals surface area contributed by atoms with E-state index in [0.717, 1.165) is 31.4 Å². The van der Waals surface area contributed by atoms with E-state index in [1.165, 1.54) is 4.90 Å². The SMILES string of the molecule is CCOc1ccc(OCCN2C(=O)N[C@]3(CCCC[C@@H]3C)C2=O)cc1. The largest absolute Gasteiger partial charge is 0.494 e. The fourth-order valence-electron chi connectivity index (χ4n) is 3.75. The van der Waals surface area contributed by atoms with Crippen LogP contribution in [0, 0.1) is 5.92 Å². The summed E-state index contributed by atoms with van der Waals surface area (Å²) in [5.74, 6) is 1.56. The van der Waals surface area contributed by atoms with E-state index in [1.807, 2.05) is 31.2 Å². The second-order valence-electron chi connectivity index (χ2n) is 6.76. The number of nitrogens with zero attached hydrogens (tertiary/aromatic N) is 1. The molecule has 0 unspecified atom stereocenters. The monoisotopic (exact) mass is 346 g/mol. The lowest BCUT2D eigenvalue weighted by Crippen LogP contribution is -2.54. The van der Waals surface area contributed by atoms with Crippen LogP contribution in [0.15, 0.2) is 24.3 Å². The van der Waals surface area contributed by atoms with E-state index < -0.39 is 5.54 Å². The first kappa shape index (κ1) is 17.6. The van der Waals surface area contributed by atoms with Crippen molar-refractivity contribution in [2.45, 2.75) is 45.1 Å². The number of urea groups is 1. The summed E-state index contributed by atoms with van der Waals surface area (Å²) in [6.45, 7) is 5.14. The van der Waals surface area contributed by atoms with Crippen molar-refractivity contribution in [2.24, 2.45) is 5.92 Å². The van der Waals surface area contributed by atoms with Gasteiger partial charge in [-0.2, -0.15) is 0 Å². The van der Waals surface area contributed by atoms with Gasteiger partial charge in [0.15, 0.2) is 0 Å². The van der Waals surface area contributed by atoms with Crippen molar-refractivity contribution in [3.8, 4) is 11.5 Å². The first-order valence-electron chi connectivity index (χ1n) is 9.06. The summed E-state index contributed by atoms with van der Waals surface area (Å²) < 4.78 is 11.1. The fourth-order valence-corrected chi connectivity index (χ4v) is 3.75. The molecule has 3 rings (SSSR count). The fraction of sp³-hybridized carbons (Fsp3) is 0.579. The summed E-state index contributed by atoms with van der Waals surface area (Å²) in [6.07, 6.45) is 3.80. The van der Waals surface area contributed by atoms with Crippen LogP contribution in [-0.2, 0) is 4.79 Å². The standard InChI is InChI=1S/C19H26N2O4/c1-3-24-15-7-9-16(10-8-15)25-13-12-21-17(22)19(20-18(21)23)11-5-4-6-14(19)2/h7-10,14H,3-6,11-13H2,1-2H3,(H,20,23)/t14-,19-/m0/s1. The van der Waals surface area contributed by atoms with Crippen LogP contribution < -0.4 is 14.8 Å². The van der Waals surface area contributed by atoms with Crippen LogP contribution in [0.25, 0.3) is 0 Å². The quantitative estimate of drug-likeness (QED) is 0.804. The zero-order valence-corrected chi connectivity index (χ0v) is 14.9.